The molecule has 0 saturated heterocycles. The van der Waals surface area contributed by atoms with Crippen LogP contribution in [0.1, 0.15) is 36.5 Å². The van der Waals surface area contributed by atoms with E-state index in [1.807, 2.05) is 26.8 Å². The van der Waals surface area contributed by atoms with Crippen molar-refractivity contribution in [2.75, 3.05) is 24.8 Å². The van der Waals surface area contributed by atoms with Gasteiger partial charge in [-0.1, -0.05) is 6.07 Å². The van der Waals surface area contributed by atoms with Crippen LogP contribution < -0.4 is 26.3 Å². The number of aryl methyl sites for hydroxylation is 1. The van der Waals surface area contributed by atoms with Gasteiger partial charge in [0.1, 0.15) is 5.75 Å². The molecule has 0 saturated carbocycles. The summed E-state index contributed by atoms with van der Waals surface area (Å²) < 4.78 is 11.3. The third kappa shape index (κ3) is 3.16. The molecule has 7 heteroatoms. The van der Waals surface area contributed by atoms with Gasteiger partial charge in [0.25, 0.3) is 0 Å². The number of pyridine rings is 1. The van der Waals surface area contributed by atoms with Gasteiger partial charge in [-0.05, 0) is 32.4 Å². The van der Waals surface area contributed by atoms with Gasteiger partial charge in [-0.3, -0.25) is 4.79 Å². The van der Waals surface area contributed by atoms with E-state index in [9.17, 15) is 4.79 Å². The summed E-state index contributed by atoms with van der Waals surface area (Å²) in [5, 5.41) is 3.30. The predicted molar refractivity (Wildman–Crippen MR) is 105 cm³/mol. The molecule has 7 nitrogen and oxygen atoms in total. The number of nitrogens with two attached hydrogens (primary N) is 2. The van der Waals surface area contributed by atoms with E-state index in [-0.39, 0.29) is 0 Å². The number of carbonyl (C=O) groups excluding carboxylic acids is 1. The second-order valence-electron chi connectivity index (χ2n) is 6.43. The lowest BCUT2D eigenvalue weighted by molar-refractivity contribution is -0.114. The molecule has 2 heterocycles. The number of nitrogens with zero attached hydrogens (tertiary/aromatic N) is 1. The summed E-state index contributed by atoms with van der Waals surface area (Å²) in [5.41, 5.74) is 16.7. The summed E-state index contributed by atoms with van der Waals surface area (Å²) >= 11 is 0. The number of carbonyl (C=O) groups is 1. The number of primary amides is 1. The summed E-state index contributed by atoms with van der Waals surface area (Å²) in [6, 6.07) is 5.36. The van der Waals surface area contributed by atoms with E-state index in [1.54, 1.807) is 25.4 Å². The van der Waals surface area contributed by atoms with Gasteiger partial charge in [0.2, 0.25) is 11.8 Å². The summed E-state index contributed by atoms with van der Waals surface area (Å²) in [7, 11) is 1.57. The number of rotatable bonds is 5. The van der Waals surface area contributed by atoms with Gasteiger partial charge in [0, 0.05) is 34.8 Å². The van der Waals surface area contributed by atoms with E-state index >= 15 is 0 Å². The lowest BCUT2D eigenvalue weighted by atomic mass is 9.79. The number of allylic oxidation sites excluding steroid dienone is 1. The Morgan fingerprint density at radius 1 is 1.33 bits per heavy atom. The molecule has 1 aromatic carbocycles. The first-order chi connectivity index (χ1) is 12.9. The number of fused-ring (bicyclic) bond motifs is 1. The molecule has 142 valence electrons. The van der Waals surface area contributed by atoms with Crippen molar-refractivity contribution >= 4 is 17.3 Å². The van der Waals surface area contributed by atoms with Gasteiger partial charge < -0.3 is 26.3 Å². The zero-order chi connectivity index (χ0) is 19.7. The maximum Gasteiger partial charge on any atom is 0.247 e. The molecule has 0 bridgehead atoms. The zero-order valence-electron chi connectivity index (χ0n) is 15.9. The fourth-order valence-corrected chi connectivity index (χ4v) is 3.51. The number of amides is 1. The fourth-order valence-electron chi connectivity index (χ4n) is 3.51. The van der Waals surface area contributed by atoms with Crippen molar-refractivity contribution in [3.05, 3.63) is 52.4 Å². The molecule has 1 unspecified atom stereocenters. The number of hydrogen-bond donors (Lipinski definition) is 3. The van der Waals surface area contributed by atoms with Crippen molar-refractivity contribution < 1.29 is 14.3 Å². The van der Waals surface area contributed by atoms with E-state index in [2.05, 4.69) is 10.3 Å². The normalized spacial score (nSPS) is 15.8. The molecular weight excluding hydrogens is 344 g/mol. The molecule has 1 aromatic heterocycles. The molecule has 0 radical (unpaired) electrons. The molecule has 2 aromatic rings. The number of aromatic nitrogens is 1. The van der Waals surface area contributed by atoms with Gasteiger partial charge in [-0.15, -0.1) is 0 Å². The average molecular weight is 368 g/mol. The van der Waals surface area contributed by atoms with E-state index in [1.165, 1.54) is 0 Å². The first kappa shape index (κ1) is 18.6. The highest BCUT2D eigenvalue weighted by Crippen LogP contribution is 2.48. The minimum Gasteiger partial charge on any atom is -0.496 e. The molecule has 0 fully saturated rings. The van der Waals surface area contributed by atoms with Crippen molar-refractivity contribution in [2.24, 2.45) is 5.73 Å². The number of anilines is 2. The Labute approximate surface area is 158 Å². The molecule has 1 aliphatic rings. The molecule has 1 aliphatic heterocycles. The first-order valence-electron chi connectivity index (χ1n) is 8.72. The Balaban J connectivity index is 2.37. The predicted octanol–water partition coefficient (Wildman–Crippen LogP) is 2.70. The smallest absolute Gasteiger partial charge is 0.247 e. The largest absolute Gasteiger partial charge is 0.496 e. The molecule has 27 heavy (non-hydrogen) atoms. The number of nitrogens with one attached hydrogen (secondary N) is 1. The summed E-state index contributed by atoms with van der Waals surface area (Å²) in [6.45, 7) is 6.12. The van der Waals surface area contributed by atoms with Crippen LogP contribution >= 0.6 is 0 Å². The van der Waals surface area contributed by atoms with Crippen molar-refractivity contribution in [3.8, 4) is 11.6 Å². The third-order valence-corrected chi connectivity index (χ3v) is 4.68. The number of methoxy groups -OCH3 is 1. The molecule has 0 spiro atoms. The monoisotopic (exact) mass is 368 g/mol. The maximum atomic E-state index is 12.4. The van der Waals surface area contributed by atoms with E-state index in [4.69, 9.17) is 20.9 Å². The van der Waals surface area contributed by atoms with E-state index in [0.717, 1.165) is 22.4 Å². The summed E-state index contributed by atoms with van der Waals surface area (Å²) in [6.07, 6.45) is 1.75. The topological polar surface area (TPSA) is 112 Å². The maximum absolute atomic E-state index is 12.4. The van der Waals surface area contributed by atoms with Gasteiger partial charge in [0.15, 0.2) is 0 Å². The average Bonchev–Trinajstić information content (AvgIpc) is 2.63. The van der Waals surface area contributed by atoms with E-state index in [0.29, 0.717) is 35.2 Å². The molecule has 1 amide bonds. The lowest BCUT2D eigenvalue weighted by Crippen LogP contribution is -2.28. The van der Waals surface area contributed by atoms with Crippen LogP contribution in [0.15, 0.2) is 35.7 Å². The first-order valence-corrected chi connectivity index (χ1v) is 8.72. The second-order valence-corrected chi connectivity index (χ2v) is 6.43. The van der Waals surface area contributed by atoms with Crippen LogP contribution in [0.5, 0.6) is 11.6 Å². The standard InChI is InChI=1S/C20H24N4O3/c1-5-27-20-17-16(13-7-6-12(21)8-14(13)26-4)15(19(22)25)11(3)24-18(17)10(2)9-23-20/h6-9,16,24H,5,21H2,1-4H3,(H2,22,25). The highest BCUT2D eigenvalue weighted by Gasteiger charge is 2.36. The number of benzene rings is 1. The van der Waals surface area contributed by atoms with Gasteiger partial charge in [0.05, 0.1) is 30.9 Å². The minimum absolute atomic E-state index is 0.443. The SMILES string of the molecule is CCOc1ncc(C)c2c1C(c1ccc(N)cc1OC)C(C(N)=O)=C(C)N2. The van der Waals surface area contributed by atoms with Gasteiger partial charge in [-0.2, -0.15) is 0 Å². The number of nitrogen functional groups attached to an aromatic ring is 1. The van der Waals surface area contributed by atoms with Gasteiger partial charge >= 0.3 is 0 Å². The third-order valence-electron chi connectivity index (χ3n) is 4.68. The quantitative estimate of drug-likeness (QED) is 0.700. The molecular formula is C20H24N4O3. The Morgan fingerprint density at radius 3 is 2.70 bits per heavy atom. The molecule has 1 atom stereocenters. The minimum atomic E-state index is -0.515. The van der Waals surface area contributed by atoms with Crippen LogP contribution in [0.2, 0.25) is 0 Å². The highest BCUT2D eigenvalue weighted by atomic mass is 16.5. The van der Waals surface area contributed by atoms with Crippen molar-refractivity contribution in [1.29, 1.82) is 0 Å². The van der Waals surface area contributed by atoms with Gasteiger partial charge in [-0.25, -0.2) is 4.98 Å². The van der Waals surface area contributed by atoms with Crippen LogP contribution in [0, 0.1) is 6.92 Å². The molecule has 0 aliphatic carbocycles. The number of ether oxygens (including phenoxy) is 2. The van der Waals surface area contributed by atoms with Crippen LogP contribution in [0.4, 0.5) is 11.4 Å². The lowest BCUT2D eigenvalue weighted by Gasteiger charge is -2.32. The van der Waals surface area contributed by atoms with Crippen LogP contribution in [-0.4, -0.2) is 24.6 Å². The Morgan fingerprint density at radius 2 is 2.07 bits per heavy atom. The Hall–Kier alpha value is -3.22. The molecule has 3 rings (SSSR count). The zero-order valence-corrected chi connectivity index (χ0v) is 15.9. The summed E-state index contributed by atoms with van der Waals surface area (Å²) in [4.78, 5) is 16.8. The Bertz CT molecular complexity index is 937. The van der Waals surface area contributed by atoms with Crippen LogP contribution in [-0.2, 0) is 4.79 Å². The second kappa shape index (κ2) is 7.19. The van der Waals surface area contributed by atoms with Crippen LogP contribution in [0.25, 0.3) is 0 Å². The van der Waals surface area contributed by atoms with Crippen molar-refractivity contribution in [1.82, 2.24) is 4.98 Å². The molecule has 5 N–H and O–H groups in total. The highest BCUT2D eigenvalue weighted by molar-refractivity contribution is 5.98. The van der Waals surface area contributed by atoms with Crippen molar-refractivity contribution in [2.45, 2.75) is 26.7 Å². The van der Waals surface area contributed by atoms with E-state index < -0.39 is 11.8 Å². The fraction of sp³-hybridized carbons (Fsp3) is 0.300. The van der Waals surface area contributed by atoms with Crippen LogP contribution in [0.3, 0.4) is 0 Å². The van der Waals surface area contributed by atoms with Crippen molar-refractivity contribution in [3.63, 3.8) is 0 Å². The Kier molecular flexibility index (Phi) is 4.94. The summed E-state index contributed by atoms with van der Waals surface area (Å²) in [5.74, 6) is 0.0332. The number of hydrogen-bond acceptors (Lipinski definition) is 6.